The van der Waals surface area contributed by atoms with Crippen LogP contribution in [0.3, 0.4) is 0 Å². The summed E-state index contributed by atoms with van der Waals surface area (Å²) in [5, 5.41) is 0.405. The lowest BCUT2D eigenvalue weighted by Crippen LogP contribution is -2.33. The Labute approximate surface area is 168 Å². The van der Waals surface area contributed by atoms with Gasteiger partial charge in [-0.25, -0.2) is 4.39 Å². The van der Waals surface area contributed by atoms with Crippen LogP contribution in [0.15, 0.2) is 36.4 Å². The molecule has 4 nitrogen and oxygen atoms in total. The summed E-state index contributed by atoms with van der Waals surface area (Å²) >= 11 is 5.95. The van der Waals surface area contributed by atoms with Gasteiger partial charge in [0.2, 0.25) is 0 Å². The largest absolute Gasteiger partial charge is 0.426 e. The highest BCUT2D eigenvalue weighted by molar-refractivity contribution is 6.30. The lowest BCUT2D eigenvalue weighted by atomic mass is 9.90. The molecule has 2 aliphatic rings. The zero-order valence-corrected chi connectivity index (χ0v) is 16.2. The van der Waals surface area contributed by atoms with Crippen LogP contribution in [0.4, 0.5) is 10.1 Å². The SMILES string of the molecule is O=C1Cc2ccc(C(=O)CCC3CCN(c4cc(F)cc(Cl)c4)CC3)cc2O1. The van der Waals surface area contributed by atoms with Crippen molar-refractivity contribution in [2.24, 2.45) is 5.92 Å². The van der Waals surface area contributed by atoms with Crippen molar-refractivity contribution < 1.29 is 18.7 Å². The number of esters is 1. The molecule has 0 spiro atoms. The van der Waals surface area contributed by atoms with Gasteiger partial charge in [0.15, 0.2) is 5.78 Å². The minimum atomic E-state index is -0.324. The van der Waals surface area contributed by atoms with E-state index in [4.69, 9.17) is 16.3 Å². The number of anilines is 1. The summed E-state index contributed by atoms with van der Waals surface area (Å²) in [5.41, 5.74) is 2.25. The highest BCUT2D eigenvalue weighted by Crippen LogP contribution is 2.30. The van der Waals surface area contributed by atoms with Crippen LogP contribution < -0.4 is 9.64 Å². The molecule has 0 N–H and O–H groups in total. The van der Waals surface area contributed by atoms with Gasteiger partial charge < -0.3 is 9.64 Å². The zero-order chi connectivity index (χ0) is 19.7. The van der Waals surface area contributed by atoms with E-state index in [-0.39, 0.29) is 24.0 Å². The van der Waals surface area contributed by atoms with Crippen LogP contribution in [0.25, 0.3) is 0 Å². The highest BCUT2D eigenvalue weighted by atomic mass is 35.5. The fourth-order valence-corrected chi connectivity index (χ4v) is 4.18. The topological polar surface area (TPSA) is 46.6 Å². The molecule has 1 saturated heterocycles. The summed E-state index contributed by atoms with van der Waals surface area (Å²) in [6.07, 6.45) is 3.50. The summed E-state index contributed by atoms with van der Waals surface area (Å²) in [6.45, 7) is 1.65. The Morgan fingerprint density at radius 2 is 1.96 bits per heavy atom. The molecule has 0 atom stereocenters. The zero-order valence-electron chi connectivity index (χ0n) is 15.4. The van der Waals surface area contributed by atoms with Crippen molar-refractivity contribution in [2.75, 3.05) is 18.0 Å². The van der Waals surface area contributed by atoms with E-state index in [1.54, 1.807) is 24.3 Å². The number of ether oxygens (including phenoxy) is 1. The molecule has 0 amide bonds. The molecule has 146 valence electrons. The van der Waals surface area contributed by atoms with Crippen LogP contribution >= 0.6 is 11.6 Å². The molecular weight excluding hydrogens is 381 g/mol. The van der Waals surface area contributed by atoms with Crippen LogP contribution in [0.1, 0.15) is 41.6 Å². The monoisotopic (exact) mass is 401 g/mol. The van der Waals surface area contributed by atoms with Gasteiger partial charge in [0.25, 0.3) is 0 Å². The summed E-state index contributed by atoms with van der Waals surface area (Å²) < 4.78 is 18.7. The predicted molar refractivity (Wildman–Crippen MR) is 106 cm³/mol. The predicted octanol–water partition coefficient (Wildman–Crippen LogP) is 4.82. The van der Waals surface area contributed by atoms with Gasteiger partial charge in [0, 0.05) is 41.3 Å². The van der Waals surface area contributed by atoms with Crippen molar-refractivity contribution >= 4 is 29.0 Å². The molecular formula is C22H21ClFNO3. The number of nitrogens with zero attached hydrogens (tertiary/aromatic N) is 1. The summed E-state index contributed by atoms with van der Waals surface area (Å²) in [4.78, 5) is 26.0. The molecule has 28 heavy (non-hydrogen) atoms. The lowest BCUT2D eigenvalue weighted by molar-refractivity contribution is -0.131. The Hall–Kier alpha value is -2.40. The van der Waals surface area contributed by atoms with Crippen molar-refractivity contribution in [3.8, 4) is 5.75 Å². The van der Waals surface area contributed by atoms with E-state index in [0.717, 1.165) is 43.6 Å². The van der Waals surface area contributed by atoms with E-state index in [1.807, 2.05) is 0 Å². The second-order valence-corrected chi connectivity index (χ2v) is 7.93. The molecule has 0 radical (unpaired) electrons. The Kier molecular flexibility index (Phi) is 5.36. The first-order chi connectivity index (χ1) is 13.5. The average Bonchev–Trinajstić information content (AvgIpc) is 3.05. The molecule has 6 heteroatoms. The summed E-state index contributed by atoms with van der Waals surface area (Å²) in [5.74, 6) is 0.459. The fourth-order valence-electron chi connectivity index (χ4n) is 3.96. The third kappa shape index (κ3) is 4.20. The van der Waals surface area contributed by atoms with E-state index >= 15 is 0 Å². The minimum absolute atomic E-state index is 0.0742. The molecule has 2 heterocycles. The van der Waals surface area contributed by atoms with Crippen LogP contribution in [0, 0.1) is 11.7 Å². The Balaban J connectivity index is 1.29. The maximum Gasteiger partial charge on any atom is 0.315 e. The molecule has 0 aromatic heterocycles. The van der Waals surface area contributed by atoms with Crippen molar-refractivity contribution in [1.82, 2.24) is 0 Å². The second kappa shape index (κ2) is 7.92. The van der Waals surface area contributed by atoms with Crippen LogP contribution in [0.2, 0.25) is 5.02 Å². The first kappa shape index (κ1) is 18.9. The van der Waals surface area contributed by atoms with Gasteiger partial charge >= 0.3 is 5.97 Å². The van der Waals surface area contributed by atoms with Crippen LogP contribution in [-0.4, -0.2) is 24.8 Å². The van der Waals surface area contributed by atoms with E-state index in [2.05, 4.69) is 4.90 Å². The molecule has 1 fully saturated rings. The fraction of sp³-hybridized carbons (Fsp3) is 0.364. The molecule has 0 aliphatic carbocycles. The second-order valence-electron chi connectivity index (χ2n) is 7.49. The Bertz CT molecular complexity index is 902. The highest BCUT2D eigenvalue weighted by Gasteiger charge is 2.23. The minimum Gasteiger partial charge on any atom is -0.426 e. The first-order valence-corrected chi connectivity index (χ1v) is 9.93. The summed E-state index contributed by atoms with van der Waals surface area (Å²) in [6, 6.07) is 9.86. The first-order valence-electron chi connectivity index (χ1n) is 9.56. The van der Waals surface area contributed by atoms with Gasteiger partial charge in [-0.2, -0.15) is 0 Å². The Morgan fingerprint density at radius 1 is 1.18 bits per heavy atom. The van der Waals surface area contributed by atoms with Gasteiger partial charge in [-0.1, -0.05) is 23.7 Å². The number of hydrogen-bond donors (Lipinski definition) is 0. The smallest absolute Gasteiger partial charge is 0.315 e. The van der Waals surface area contributed by atoms with Gasteiger partial charge in [-0.3, -0.25) is 9.59 Å². The number of benzene rings is 2. The summed E-state index contributed by atoms with van der Waals surface area (Å²) in [7, 11) is 0. The normalized spacial score (nSPS) is 16.8. The maximum absolute atomic E-state index is 13.6. The van der Waals surface area contributed by atoms with Gasteiger partial charge in [0.05, 0.1) is 6.42 Å². The van der Waals surface area contributed by atoms with Gasteiger partial charge in [-0.15, -0.1) is 0 Å². The van der Waals surface area contributed by atoms with E-state index < -0.39 is 0 Å². The average molecular weight is 402 g/mol. The number of halogens is 2. The number of ketones is 1. The lowest BCUT2D eigenvalue weighted by Gasteiger charge is -2.33. The number of carbonyl (C=O) groups excluding carboxylic acids is 2. The standard InChI is InChI=1S/C22H21ClFNO3/c23-17-11-18(24)13-19(12-17)25-7-5-14(6-8-25)1-4-20(26)15-2-3-16-10-22(27)28-21(16)9-15/h2-3,9,11-14H,1,4-8,10H2. The number of hydrogen-bond acceptors (Lipinski definition) is 4. The molecule has 0 bridgehead atoms. The molecule has 4 rings (SSSR count). The third-order valence-electron chi connectivity index (χ3n) is 5.55. The number of piperidine rings is 1. The molecule has 2 aromatic rings. The van der Waals surface area contributed by atoms with Crippen LogP contribution in [-0.2, 0) is 11.2 Å². The van der Waals surface area contributed by atoms with E-state index in [1.165, 1.54) is 12.1 Å². The quantitative estimate of drug-likeness (QED) is 0.409. The third-order valence-corrected chi connectivity index (χ3v) is 5.77. The van der Waals surface area contributed by atoms with Gasteiger partial charge in [-0.05, 0) is 49.4 Å². The Morgan fingerprint density at radius 3 is 2.71 bits per heavy atom. The number of fused-ring (bicyclic) bond motifs is 1. The van der Waals surface area contributed by atoms with Crippen molar-refractivity contribution in [3.05, 3.63) is 58.4 Å². The molecule has 0 saturated carbocycles. The number of rotatable bonds is 5. The van der Waals surface area contributed by atoms with Crippen molar-refractivity contribution in [3.63, 3.8) is 0 Å². The van der Waals surface area contributed by atoms with Crippen LogP contribution in [0.5, 0.6) is 5.75 Å². The maximum atomic E-state index is 13.6. The number of carbonyl (C=O) groups is 2. The van der Waals surface area contributed by atoms with E-state index in [0.29, 0.717) is 28.7 Å². The van der Waals surface area contributed by atoms with Crippen molar-refractivity contribution in [2.45, 2.75) is 32.1 Å². The molecule has 2 aliphatic heterocycles. The van der Waals surface area contributed by atoms with Crippen molar-refractivity contribution in [1.29, 1.82) is 0 Å². The number of Topliss-reactive ketones (excluding diaryl/α,β-unsaturated/α-hetero) is 1. The molecule has 2 aromatic carbocycles. The van der Waals surface area contributed by atoms with E-state index in [9.17, 15) is 14.0 Å². The van der Waals surface area contributed by atoms with Gasteiger partial charge in [0.1, 0.15) is 11.6 Å². The molecule has 0 unspecified atom stereocenters.